The van der Waals surface area contributed by atoms with Crippen LogP contribution in [0.5, 0.6) is 0 Å². The Morgan fingerprint density at radius 1 is 1.28 bits per heavy atom. The van der Waals surface area contributed by atoms with Crippen LogP contribution in [0.15, 0.2) is 18.3 Å². The lowest BCUT2D eigenvalue weighted by atomic mass is 10.2. The third kappa shape index (κ3) is 8.46. The zero-order valence-corrected chi connectivity index (χ0v) is 14.9. The number of ether oxygens (including phenoxy) is 1. The van der Waals surface area contributed by atoms with E-state index in [1.54, 1.807) is 11.0 Å². The molecular weight excluding hydrogens is 324 g/mol. The van der Waals surface area contributed by atoms with E-state index in [9.17, 15) is 14.4 Å². The highest BCUT2D eigenvalue weighted by molar-refractivity contribution is 5.91. The van der Waals surface area contributed by atoms with Gasteiger partial charge in [0.2, 0.25) is 6.41 Å². The lowest BCUT2D eigenvalue weighted by Crippen LogP contribution is -2.34. The molecule has 3 amide bonds. The molecule has 3 N–H and O–H groups in total. The van der Waals surface area contributed by atoms with Crippen molar-refractivity contribution in [3.05, 3.63) is 24.0 Å². The molecule has 1 aromatic heterocycles. The van der Waals surface area contributed by atoms with Crippen molar-refractivity contribution >= 4 is 18.4 Å². The van der Waals surface area contributed by atoms with E-state index in [1.165, 1.54) is 16.9 Å². The van der Waals surface area contributed by atoms with Gasteiger partial charge in [0.1, 0.15) is 11.3 Å². The SMILES string of the molecule is C#C.CC(C)(C)OC(=O)N1CCCC1.NC(=O)c1cccn1NC=O. The fourth-order valence-electron chi connectivity index (χ4n) is 1.98. The van der Waals surface area contributed by atoms with E-state index in [2.05, 4.69) is 18.3 Å². The largest absolute Gasteiger partial charge is 0.444 e. The molecule has 0 radical (unpaired) electrons. The van der Waals surface area contributed by atoms with Gasteiger partial charge in [-0.2, -0.15) is 0 Å². The van der Waals surface area contributed by atoms with E-state index < -0.39 is 5.91 Å². The molecule has 0 unspecified atom stereocenters. The first-order valence-electron chi connectivity index (χ1n) is 7.73. The van der Waals surface area contributed by atoms with Crippen molar-refractivity contribution in [1.29, 1.82) is 0 Å². The zero-order valence-electron chi connectivity index (χ0n) is 14.9. The van der Waals surface area contributed by atoms with Crippen LogP contribution in [0.3, 0.4) is 0 Å². The van der Waals surface area contributed by atoms with Gasteiger partial charge in [-0.3, -0.25) is 19.7 Å². The molecule has 1 aromatic rings. The van der Waals surface area contributed by atoms with Gasteiger partial charge < -0.3 is 15.4 Å². The third-order valence-electron chi connectivity index (χ3n) is 2.95. The van der Waals surface area contributed by atoms with Gasteiger partial charge >= 0.3 is 6.09 Å². The number of rotatable bonds is 3. The number of hydrogen-bond acceptors (Lipinski definition) is 4. The summed E-state index contributed by atoms with van der Waals surface area (Å²) in [4.78, 5) is 33.7. The van der Waals surface area contributed by atoms with Crippen molar-refractivity contribution < 1.29 is 19.1 Å². The summed E-state index contributed by atoms with van der Waals surface area (Å²) in [6, 6.07) is 3.12. The van der Waals surface area contributed by atoms with E-state index in [4.69, 9.17) is 10.5 Å². The van der Waals surface area contributed by atoms with Crippen molar-refractivity contribution in [3.63, 3.8) is 0 Å². The predicted molar refractivity (Wildman–Crippen MR) is 95.3 cm³/mol. The van der Waals surface area contributed by atoms with E-state index in [1.807, 2.05) is 20.8 Å². The van der Waals surface area contributed by atoms with Gasteiger partial charge in [0.05, 0.1) is 0 Å². The average molecular weight is 350 g/mol. The number of primary amides is 1. The minimum atomic E-state index is -0.579. The lowest BCUT2D eigenvalue weighted by molar-refractivity contribution is -0.106. The highest BCUT2D eigenvalue weighted by atomic mass is 16.6. The van der Waals surface area contributed by atoms with Crippen molar-refractivity contribution in [2.75, 3.05) is 18.5 Å². The molecule has 1 aliphatic rings. The molecule has 1 saturated heterocycles. The first-order valence-corrected chi connectivity index (χ1v) is 7.73. The first kappa shape index (κ1) is 22.1. The number of amides is 3. The summed E-state index contributed by atoms with van der Waals surface area (Å²) in [5, 5.41) is 0. The van der Waals surface area contributed by atoms with Gasteiger partial charge in [0.15, 0.2) is 0 Å². The quantitative estimate of drug-likeness (QED) is 0.637. The molecule has 2 heterocycles. The van der Waals surface area contributed by atoms with Gasteiger partial charge in [-0.25, -0.2) is 4.79 Å². The maximum Gasteiger partial charge on any atom is 0.410 e. The smallest absolute Gasteiger partial charge is 0.410 e. The fraction of sp³-hybridized carbons (Fsp3) is 0.471. The van der Waals surface area contributed by atoms with Crippen molar-refractivity contribution in [2.45, 2.75) is 39.2 Å². The summed E-state index contributed by atoms with van der Waals surface area (Å²) in [7, 11) is 0. The normalized spacial score (nSPS) is 12.8. The number of aromatic nitrogens is 1. The third-order valence-corrected chi connectivity index (χ3v) is 2.95. The number of likely N-dealkylation sites (tertiary alicyclic amines) is 1. The molecule has 138 valence electrons. The van der Waals surface area contributed by atoms with Gasteiger partial charge in [0.25, 0.3) is 5.91 Å². The van der Waals surface area contributed by atoms with Gasteiger partial charge in [0, 0.05) is 19.3 Å². The number of hydrogen-bond donors (Lipinski definition) is 2. The molecule has 0 bridgehead atoms. The minimum absolute atomic E-state index is 0.167. The van der Waals surface area contributed by atoms with Crippen LogP contribution in [0.1, 0.15) is 44.1 Å². The molecule has 0 saturated carbocycles. The van der Waals surface area contributed by atoms with Crippen LogP contribution in [0.4, 0.5) is 4.79 Å². The first-order chi connectivity index (χ1) is 11.7. The van der Waals surface area contributed by atoms with Gasteiger partial charge in [-0.1, -0.05) is 0 Å². The molecular formula is C17H26N4O4. The van der Waals surface area contributed by atoms with Crippen LogP contribution < -0.4 is 11.2 Å². The van der Waals surface area contributed by atoms with Crippen LogP contribution in [-0.4, -0.2) is 46.7 Å². The monoisotopic (exact) mass is 350 g/mol. The van der Waals surface area contributed by atoms with E-state index in [0.29, 0.717) is 6.41 Å². The summed E-state index contributed by atoms with van der Waals surface area (Å²) in [5.41, 5.74) is 7.13. The summed E-state index contributed by atoms with van der Waals surface area (Å²) >= 11 is 0. The Kier molecular flexibility index (Phi) is 9.49. The second-order valence-corrected chi connectivity index (χ2v) is 6.05. The Bertz CT molecular complexity index is 581. The molecule has 1 aliphatic heterocycles. The maximum atomic E-state index is 11.4. The summed E-state index contributed by atoms with van der Waals surface area (Å²) in [6.45, 7) is 7.38. The Morgan fingerprint density at radius 3 is 2.28 bits per heavy atom. The van der Waals surface area contributed by atoms with Crippen LogP contribution >= 0.6 is 0 Å². The number of carbonyl (C=O) groups excluding carboxylic acids is 3. The summed E-state index contributed by atoms with van der Waals surface area (Å²) in [5.74, 6) is -0.579. The highest BCUT2D eigenvalue weighted by Gasteiger charge is 2.23. The lowest BCUT2D eigenvalue weighted by Gasteiger charge is -2.23. The number of nitrogens with one attached hydrogen (secondary N) is 1. The molecule has 0 spiro atoms. The van der Waals surface area contributed by atoms with Crippen molar-refractivity contribution in [1.82, 2.24) is 9.58 Å². The minimum Gasteiger partial charge on any atom is -0.444 e. The Labute approximate surface area is 148 Å². The van der Waals surface area contributed by atoms with Crippen LogP contribution in [0, 0.1) is 12.8 Å². The summed E-state index contributed by atoms with van der Waals surface area (Å²) < 4.78 is 6.45. The number of nitrogens with zero attached hydrogens (tertiary/aromatic N) is 2. The predicted octanol–water partition coefficient (Wildman–Crippen LogP) is 1.55. The number of nitrogens with two attached hydrogens (primary N) is 1. The van der Waals surface area contributed by atoms with Crippen LogP contribution in [0.25, 0.3) is 0 Å². The standard InChI is InChI=1S/C9H17NO2.C6H7N3O2.C2H2/c1-9(2,3)12-8(11)10-6-4-5-7-10;7-6(11)5-2-1-3-9(5)8-4-10;1-2/h4-7H2,1-3H3;1-4H,(H2,7,11)(H,8,10);1-2H. The van der Waals surface area contributed by atoms with Crippen molar-refractivity contribution in [3.8, 4) is 12.8 Å². The van der Waals surface area contributed by atoms with E-state index >= 15 is 0 Å². The average Bonchev–Trinajstić information content (AvgIpc) is 3.20. The Hall–Kier alpha value is -2.95. The molecule has 25 heavy (non-hydrogen) atoms. The number of terminal acetylenes is 1. The van der Waals surface area contributed by atoms with E-state index in [0.717, 1.165) is 25.9 Å². The van der Waals surface area contributed by atoms with Crippen LogP contribution in [0.2, 0.25) is 0 Å². The topological polar surface area (TPSA) is 107 Å². The van der Waals surface area contributed by atoms with Crippen molar-refractivity contribution in [2.24, 2.45) is 5.73 Å². The summed E-state index contributed by atoms with van der Waals surface area (Å²) in [6.07, 6.45) is 12.0. The molecule has 0 atom stereocenters. The molecule has 8 heteroatoms. The molecule has 0 aromatic carbocycles. The molecule has 8 nitrogen and oxygen atoms in total. The maximum absolute atomic E-state index is 11.4. The molecule has 2 rings (SSSR count). The van der Waals surface area contributed by atoms with E-state index in [-0.39, 0.29) is 17.4 Å². The second kappa shape index (κ2) is 10.8. The number of carbonyl (C=O) groups is 3. The Morgan fingerprint density at radius 2 is 1.84 bits per heavy atom. The zero-order chi connectivity index (χ0) is 19.5. The second-order valence-electron chi connectivity index (χ2n) is 6.05. The van der Waals surface area contributed by atoms with Gasteiger partial charge in [-0.15, -0.1) is 12.8 Å². The fourth-order valence-corrected chi connectivity index (χ4v) is 1.98. The Balaban J connectivity index is 0.000000421. The molecule has 0 aliphatic carbocycles. The van der Waals surface area contributed by atoms with Gasteiger partial charge in [-0.05, 0) is 45.7 Å². The van der Waals surface area contributed by atoms with Crippen LogP contribution in [-0.2, 0) is 9.53 Å². The molecule has 1 fully saturated rings. The highest BCUT2D eigenvalue weighted by Crippen LogP contribution is 2.14.